The Morgan fingerprint density at radius 3 is 2.81 bits per heavy atom. The molecule has 0 aliphatic carbocycles. The summed E-state index contributed by atoms with van der Waals surface area (Å²) in [5, 5.41) is 0.656. The van der Waals surface area contributed by atoms with Crippen LogP contribution >= 0.6 is 11.6 Å². The van der Waals surface area contributed by atoms with E-state index in [1.165, 1.54) is 0 Å². The molecule has 2 aromatic heterocycles. The van der Waals surface area contributed by atoms with E-state index in [9.17, 15) is 0 Å². The lowest BCUT2D eigenvalue weighted by Gasteiger charge is -1.92. The highest BCUT2D eigenvalue weighted by Gasteiger charge is 2.06. The summed E-state index contributed by atoms with van der Waals surface area (Å²) in [6.45, 7) is 0. The Kier molecular flexibility index (Phi) is 2.11. The molecule has 0 aliphatic heterocycles. The molecular formula is C12H8ClN3. The van der Waals surface area contributed by atoms with Crippen molar-refractivity contribution in [2.24, 2.45) is 0 Å². The van der Waals surface area contributed by atoms with E-state index in [4.69, 9.17) is 11.6 Å². The highest BCUT2D eigenvalue weighted by Crippen LogP contribution is 2.24. The van der Waals surface area contributed by atoms with Crippen LogP contribution in [0.15, 0.2) is 42.7 Å². The van der Waals surface area contributed by atoms with Crippen LogP contribution in [0.2, 0.25) is 5.02 Å². The van der Waals surface area contributed by atoms with Gasteiger partial charge in [-0.3, -0.25) is 4.98 Å². The summed E-state index contributed by atoms with van der Waals surface area (Å²) in [4.78, 5) is 11.7. The van der Waals surface area contributed by atoms with Crippen molar-refractivity contribution < 1.29 is 0 Å². The molecule has 0 saturated carbocycles. The van der Waals surface area contributed by atoms with Gasteiger partial charge in [-0.2, -0.15) is 0 Å². The number of H-pyrrole nitrogens is 1. The highest BCUT2D eigenvalue weighted by atomic mass is 35.5. The van der Waals surface area contributed by atoms with Gasteiger partial charge >= 0.3 is 0 Å². The summed E-state index contributed by atoms with van der Waals surface area (Å²) < 4.78 is 0. The van der Waals surface area contributed by atoms with Gasteiger partial charge in [-0.25, -0.2) is 4.98 Å². The van der Waals surface area contributed by atoms with Gasteiger partial charge < -0.3 is 4.98 Å². The predicted molar refractivity (Wildman–Crippen MR) is 64.3 cm³/mol. The second-order valence-electron chi connectivity index (χ2n) is 3.46. The van der Waals surface area contributed by atoms with Crippen molar-refractivity contribution in [3.05, 3.63) is 47.7 Å². The average Bonchev–Trinajstić information content (AvgIpc) is 2.76. The monoisotopic (exact) mass is 229 g/mol. The van der Waals surface area contributed by atoms with Crippen LogP contribution in [-0.2, 0) is 0 Å². The first-order valence-electron chi connectivity index (χ1n) is 4.89. The normalized spacial score (nSPS) is 10.8. The molecule has 0 saturated heterocycles. The molecule has 78 valence electrons. The number of pyridine rings is 1. The van der Waals surface area contributed by atoms with Crippen LogP contribution in [0.1, 0.15) is 0 Å². The third-order valence-electron chi connectivity index (χ3n) is 2.40. The molecule has 16 heavy (non-hydrogen) atoms. The number of para-hydroxylation sites is 1. The molecule has 3 nitrogen and oxygen atoms in total. The molecule has 0 atom stereocenters. The van der Waals surface area contributed by atoms with Crippen LogP contribution in [0.4, 0.5) is 0 Å². The van der Waals surface area contributed by atoms with E-state index in [0.29, 0.717) is 5.02 Å². The number of benzene rings is 1. The van der Waals surface area contributed by atoms with E-state index in [0.717, 1.165) is 22.4 Å². The van der Waals surface area contributed by atoms with Gasteiger partial charge in [-0.15, -0.1) is 0 Å². The number of hydrogen-bond donors (Lipinski definition) is 1. The zero-order valence-corrected chi connectivity index (χ0v) is 9.07. The van der Waals surface area contributed by atoms with Crippen molar-refractivity contribution in [3.8, 4) is 11.4 Å². The van der Waals surface area contributed by atoms with Gasteiger partial charge in [0.25, 0.3) is 0 Å². The fourth-order valence-electron chi connectivity index (χ4n) is 1.64. The fraction of sp³-hybridized carbons (Fsp3) is 0. The Balaban J connectivity index is 2.23. The Morgan fingerprint density at radius 2 is 2.06 bits per heavy atom. The summed E-state index contributed by atoms with van der Waals surface area (Å²) >= 11 is 6.06. The summed E-state index contributed by atoms with van der Waals surface area (Å²) in [6, 6.07) is 9.52. The number of nitrogens with one attached hydrogen (secondary N) is 1. The van der Waals surface area contributed by atoms with Crippen LogP contribution < -0.4 is 0 Å². The van der Waals surface area contributed by atoms with Crippen LogP contribution in [-0.4, -0.2) is 15.0 Å². The first-order valence-corrected chi connectivity index (χ1v) is 5.27. The summed E-state index contributed by atoms with van der Waals surface area (Å²) in [7, 11) is 0. The molecule has 4 heteroatoms. The SMILES string of the molecule is Clc1cccc2[nH]c(-c3cccnc3)nc12. The van der Waals surface area contributed by atoms with Crippen molar-refractivity contribution >= 4 is 22.6 Å². The van der Waals surface area contributed by atoms with E-state index in [-0.39, 0.29) is 0 Å². The van der Waals surface area contributed by atoms with Gasteiger partial charge in [0.05, 0.1) is 10.5 Å². The van der Waals surface area contributed by atoms with Gasteiger partial charge in [0.1, 0.15) is 11.3 Å². The molecule has 0 aliphatic rings. The number of nitrogens with zero attached hydrogens (tertiary/aromatic N) is 2. The van der Waals surface area contributed by atoms with Gasteiger partial charge in [0.15, 0.2) is 0 Å². The third-order valence-corrected chi connectivity index (χ3v) is 2.70. The molecule has 2 heterocycles. The van der Waals surface area contributed by atoms with Crippen molar-refractivity contribution in [2.45, 2.75) is 0 Å². The van der Waals surface area contributed by atoms with Gasteiger partial charge in [-0.1, -0.05) is 17.7 Å². The lowest BCUT2D eigenvalue weighted by atomic mass is 10.3. The molecule has 1 N–H and O–H groups in total. The summed E-state index contributed by atoms with van der Waals surface area (Å²) in [5.41, 5.74) is 2.68. The Morgan fingerprint density at radius 1 is 1.12 bits per heavy atom. The maximum Gasteiger partial charge on any atom is 0.140 e. The van der Waals surface area contributed by atoms with Gasteiger partial charge in [0, 0.05) is 18.0 Å². The van der Waals surface area contributed by atoms with Crippen LogP contribution in [0.25, 0.3) is 22.4 Å². The smallest absolute Gasteiger partial charge is 0.140 e. The molecule has 1 aromatic carbocycles. The standard InChI is InChI=1S/C12H8ClN3/c13-9-4-1-5-10-11(9)16-12(15-10)8-3-2-6-14-7-8/h1-7H,(H,15,16). The minimum Gasteiger partial charge on any atom is -0.338 e. The largest absolute Gasteiger partial charge is 0.338 e. The number of hydrogen-bond acceptors (Lipinski definition) is 2. The number of imidazole rings is 1. The Hall–Kier alpha value is -1.87. The average molecular weight is 230 g/mol. The highest BCUT2D eigenvalue weighted by molar-refractivity contribution is 6.34. The number of rotatable bonds is 1. The number of fused-ring (bicyclic) bond motifs is 1. The van der Waals surface area contributed by atoms with E-state index in [1.807, 2.05) is 30.3 Å². The third kappa shape index (κ3) is 1.46. The Labute approximate surface area is 97.1 Å². The molecule has 0 spiro atoms. The first-order chi connectivity index (χ1) is 7.84. The molecule has 0 bridgehead atoms. The predicted octanol–water partition coefficient (Wildman–Crippen LogP) is 3.28. The quantitative estimate of drug-likeness (QED) is 0.696. The van der Waals surface area contributed by atoms with Crippen molar-refractivity contribution in [1.29, 1.82) is 0 Å². The number of aromatic amines is 1. The summed E-state index contributed by atoms with van der Waals surface area (Å²) in [5.74, 6) is 0.788. The molecule has 3 aromatic rings. The first kappa shape index (κ1) is 9.36. The zero-order valence-electron chi connectivity index (χ0n) is 8.31. The van der Waals surface area contributed by atoms with Crippen molar-refractivity contribution in [2.75, 3.05) is 0 Å². The maximum atomic E-state index is 6.06. The minimum atomic E-state index is 0.656. The number of aromatic nitrogens is 3. The van der Waals surface area contributed by atoms with Crippen LogP contribution in [0, 0.1) is 0 Å². The van der Waals surface area contributed by atoms with E-state index in [1.54, 1.807) is 12.4 Å². The summed E-state index contributed by atoms with van der Waals surface area (Å²) in [6.07, 6.45) is 3.50. The van der Waals surface area contributed by atoms with E-state index >= 15 is 0 Å². The second kappa shape index (κ2) is 3.61. The van der Waals surface area contributed by atoms with Crippen molar-refractivity contribution in [3.63, 3.8) is 0 Å². The molecule has 0 amide bonds. The zero-order chi connectivity index (χ0) is 11.0. The Bertz CT molecular complexity index is 631. The fourth-order valence-corrected chi connectivity index (χ4v) is 1.85. The van der Waals surface area contributed by atoms with Crippen LogP contribution in [0.3, 0.4) is 0 Å². The van der Waals surface area contributed by atoms with Gasteiger partial charge in [-0.05, 0) is 24.3 Å². The molecular weight excluding hydrogens is 222 g/mol. The lowest BCUT2D eigenvalue weighted by molar-refractivity contribution is 1.27. The van der Waals surface area contributed by atoms with E-state index < -0.39 is 0 Å². The molecule has 0 radical (unpaired) electrons. The van der Waals surface area contributed by atoms with Crippen LogP contribution in [0.5, 0.6) is 0 Å². The van der Waals surface area contributed by atoms with Gasteiger partial charge in [0.2, 0.25) is 0 Å². The molecule has 0 unspecified atom stereocenters. The topological polar surface area (TPSA) is 41.6 Å². The lowest BCUT2D eigenvalue weighted by Crippen LogP contribution is -1.80. The minimum absolute atomic E-state index is 0.656. The second-order valence-corrected chi connectivity index (χ2v) is 3.87. The molecule has 3 rings (SSSR count). The maximum absolute atomic E-state index is 6.06. The molecule has 0 fully saturated rings. The van der Waals surface area contributed by atoms with Crippen molar-refractivity contribution in [1.82, 2.24) is 15.0 Å². The number of halogens is 1. The van der Waals surface area contributed by atoms with E-state index in [2.05, 4.69) is 15.0 Å².